The number of aliphatic hydroxyl groups is 1. The van der Waals surface area contributed by atoms with Crippen LogP contribution in [0, 0.1) is 11.8 Å². The zero-order chi connectivity index (χ0) is 11.4. The normalized spacial score (nSPS) is 39.4. The highest BCUT2D eigenvalue weighted by molar-refractivity contribution is 4.90. The molecule has 2 rings (SSSR count). The third kappa shape index (κ3) is 2.78. The number of ether oxygens (including phenoxy) is 1. The molecule has 2 aliphatic carbocycles. The molecule has 0 saturated heterocycles. The molecule has 1 N–H and O–H groups in total. The average molecular weight is 226 g/mol. The van der Waals surface area contributed by atoms with Gasteiger partial charge in [-0.05, 0) is 43.9 Å². The van der Waals surface area contributed by atoms with E-state index in [4.69, 9.17) is 4.74 Å². The fourth-order valence-corrected chi connectivity index (χ4v) is 3.48. The Kier molecular flexibility index (Phi) is 4.66. The van der Waals surface area contributed by atoms with Crippen molar-refractivity contribution in [2.24, 2.45) is 11.8 Å². The maximum absolute atomic E-state index is 10.0. The van der Waals surface area contributed by atoms with Gasteiger partial charge in [0.2, 0.25) is 0 Å². The molecule has 2 fully saturated rings. The lowest BCUT2D eigenvalue weighted by molar-refractivity contribution is -0.0925. The first kappa shape index (κ1) is 12.4. The molecule has 0 spiro atoms. The highest BCUT2D eigenvalue weighted by atomic mass is 16.5. The van der Waals surface area contributed by atoms with Crippen LogP contribution in [0.1, 0.15) is 58.3 Å². The predicted molar refractivity (Wildman–Crippen MR) is 65.3 cm³/mol. The largest absolute Gasteiger partial charge is 0.393 e. The lowest BCUT2D eigenvalue weighted by Crippen LogP contribution is -2.43. The summed E-state index contributed by atoms with van der Waals surface area (Å²) >= 11 is 0. The van der Waals surface area contributed by atoms with Gasteiger partial charge in [-0.25, -0.2) is 0 Å². The van der Waals surface area contributed by atoms with Crippen molar-refractivity contribution < 1.29 is 9.84 Å². The Balaban J connectivity index is 1.87. The molecule has 16 heavy (non-hydrogen) atoms. The average Bonchev–Trinajstić information content (AvgIpc) is 2.33. The van der Waals surface area contributed by atoms with Crippen LogP contribution < -0.4 is 0 Å². The molecule has 2 nitrogen and oxygen atoms in total. The number of hydrogen-bond donors (Lipinski definition) is 1. The lowest BCUT2D eigenvalue weighted by Gasteiger charge is -2.43. The smallest absolute Gasteiger partial charge is 0.0607 e. The van der Waals surface area contributed by atoms with Crippen molar-refractivity contribution in [1.29, 1.82) is 0 Å². The van der Waals surface area contributed by atoms with E-state index in [1.165, 1.54) is 38.5 Å². The van der Waals surface area contributed by atoms with Crippen LogP contribution in [0.4, 0.5) is 0 Å². The van der Waals surface area contributed by atoms with E-state index in [1.807, 2.05) is 0 Å². The lowest BCUT2D eigenvalue weighted by atomic mass is 9.68. The van der Waals surface area contributed by atoms with Gasteiger partial charge in [0.05, 0.1) is 12.2 Å². The number of unbranched alkanes of at least 4 members (excludes halogenated alkanes) is 1. The fourth-order valence-electron chi connectivity index (χ4n) is 3.48. The van der Waals surface area contributed by atoms with Crippen molar-refractivity contribution in [2.45, 2.75) is 70.5 Å². The van der Waals surface area contributed by atoms with Crippen molar-refractivity contribution in [3.05, 3.63) is 0 Å². The molecule has 0 aromatic carbocycles. The molecule has 2 heteroatoms. The monoisotopic (exact) mass is 226 g/mol. The topological polar surface area (TPSA) is 29.5 Å². The second-order valence-electron chi connectivity index (χ2n) is 5.52. The molecule has 0 amide bonds. The zero-order valence-corrected chi connectivity index (χ0v) is 10.5. The van der Waals surface area contributed by atoms with Gasteiger partial charge in [0, 0.05) is 6.61 Å². The summed E-state index contributed by atoms with van der Waals surface area (Å²) in [6, 6.07) is 0. The van der Waals surface area contributed by atoms with Crippen LogP contribution in [0.15, 0.2) is 0 Å². The minimum Gasteiger partial charge on any atom is -0.393 e. The van der Waals surface area contributed by atoms with E-state index in [2.05, 4.69) is 6.92 Å². The molecular formula is C14H26O2. The first-order chi connectivity index (χ1) is 7.83. The van der Waals surface area contributed by atoms with Gasteiger partial charge in [0.15, 0.2) is 0 Å². The summed E-state index contributed by atoms with van der Waals surface area (Å²) in [6.07, 6.45) is 9.96. The van der Waals surface area contributed by atoms with Crippen LogP contribution in [0.3, 0.4) is 0 Å². The first-order valence-corrected chi connectivity index (χ1v) is 7.12. The predicted octanol–water partition coefficient (Wildman–Crippen LogP) is 3.13. The summed E-state index contributed by atoms with van der Waals surface area (Å²) in [6.45, 7) is 3.12. The summed E-state index contributed by atoms with van der Waals surface area (Å²) < 4.78 is 6.03. The van der Waals surface area contributed by atoms with Crippen LogP contribution >= 0.6 is 0 Å². The van der Waals surface area contributed by atoms with E-state index in [9.17, 15) is 5.11 Å². The van der Waals surface area contributed by atoms with Gasteiger partial charge < -0.3 is 9.84 Å². The van der Waals surface area contributed by atoms with E-state index in [0.717, 1.165) is 19.4 Å². The molecule has 0 aromatic heterocycles. The van der Waals surface area contributed by atoms with Gasteiger partial charge in [-0.15, -0.1) is 0 Å². The summed E-state index contributed by atoms with van der Waals surface area (Å²) in [5.74, 6) is 1.18. The second-order valence-corrected chi connectivity index (χ2v) is 5.52. The van der Waals surface area contributed by atoms with E-state index in [1.54, 1.807) is 0 Å². The second kappa shape index (κ2) is 6.02. The van der Waals surface area contributed by atoms with E-state index in [-0.39, 0.29) is 6.10 Å². The number of rotatable bonds is 4. The minimum absolute atomic E-state index is 0.0451. The molecule has 0 aromatic rings. The molecular weight excluding hydrogens is 200 g/mol. The van der Waals surface area contributed by atoms with Crippen molar-refractivity contribution in [3.8, 4) is 0 Å². The molecule has 4 atom stereocenters. The van der Waals surface area contributed by atoms with Gasteiger partial charge in [-0.3, -0.25) is 0 Å². The van der Waals surface area contributed by atoms with Crippen molar-refractivity contribution in [3.63, 3.8) is 0 Å². The Morgan fingerprint density at radius 3 is 2.56 bits per heavy atom. The molecule has 0 aliphatic heterocycles. The third-order valence-electron chi connectivity index (χ3n) is 4.42. The van der Waals surface area contributed by atoms with E-state index in [0.29, 0.717) is 17.9 Å². The summed E-state index contributed by atoms with van der Waals surface area (Å²) in [4.78, 5) is 0. The molecule has 0 heterocycles. The maximum atomic E-state index is 10.0. The number of aliphatic hydroxyl groups excluding tert-OH is 1. The fraction of sp³-hybridized carbons (Fsp3) is 1.00. The Labute approximate surface area is 99.4 Å². The van der Waals surface area contributed by atoms with Crippen molar-refractivity contribution in [1.82, 2.24) is 0 Å². The van der Waals surface area contributed by atoms with Gasteiger partial charge in [0.1, 0.15) is 0 Å². The minimum atomic E-state index is -0.0451. The summed E-state index contributed by atoms with van der Waals surface area (Å²) in [5.41, 5.74) is 0. The number of hydrogen-bond acceptors (Lipinski definition) is 2. The Morgan fingerprint density at radius 2 is 1.81 bits per heavy atom. The standard InChI is InChI=1S/C14H26O2/c1-2-3-10-16-14-9-8-13(15)11-6-4-5-7-12(11)14/h11-15H,2-10H2,1H3/t11-,12-,13-,14+/m0/s1. The van der Waals surface area contributed by atoms with Gasteiger partial charge in [0.25, 0.3) is 0 Å². The quantitative estimate of drug-likeness (QED) is 0.746. The third-order valence-corrected chi connectivity index (χ3v) is 4.42. The van der Waals surface area contributed by atoms with Crippen molar-refractivity contribution >= 4 is 0 Å². The highest BCUT2D eigenvalue weighted by Crippen LogP contribution is 2.41. The first-order valence-electron chi connectivity index (χ1n) is 7.12. The van der Waals surface area contributed by atoms with Crippen LogP contribution in [-0.4, -0.2) is 23.9 Å². The van der Waals surface area contributed by atoms with Crippen LogP contribution in [0.2, 0.25) is 0 Å². The number of fused-ring (bicyclic) bond motifs is 1. The summed E-state index contributed by atoms with van der Waals surface area (Å²) in [7, 11) is 0. The van der Waals surface area contributed by atoms with Gasteiger partial charge >= 0.3 is 0 Å². The summed E-state index contributed by atoms with van der Waals surface area (Å²) in [5, 5.41) is 10.0. The van der Waals surface area contributed by atoms with Crippen LogP contribution in [-0.2, 0) is 4.74 Å². The molecule has 94 valence electrons. The molecule has 2 aliphatic rings. The van der Waals surface area contributed by atoms with Gasteiger partial charge in [-0.1, -0.05) is 26.2 Å². The molecule has 0 radical (unpaired) electrons. The van der Waals surface area contributed by atoms with Crippen LogP contribution in [0.25, 0.3) is 0 Å². The SMILES string of the molecule is CCCCO[C@@H]1CC[C@H](O)[C@H]2CCCC[C@@H]21. The Morgan fingerprint density at radius 1 is 1.06 bits per heavy atom. The van der Waals surface area contributed by atoms with Crippen LogP contribution in [0.5, 0.6) is 0 Å². The maximum Gasteiger partial charge on any atom is 0.0607 e. The Hall–Kier alpha value is -0.0800. The van der Waals surface area contributed by atoms with Gasteiger partial charge in [-0.2, -0.15) is 0 Å². The molecule has 0 bridgehead atoms. The zero-order valence-electron chi connectivity index (χ0n) is 10.5. The van der Waals surface area contributed by atoms with E-state index < -0.39 is 0 Å². The highest BCUT2D eigenvalue weighted by Gasteiger charge is 2.40. The Bertz CT molecular complexity index is 205. The van der Waals surface area contributed by atoms with E-state index >= 15 is 0 Å². The van der Waals surface area contributed by atoms with Crippen molar-refractivity contribution in [2.75, 3.05) is 6.61 Å². The molecule has 2 saturated carbocycles. The molecule has 0 unspecified atom stereocenters.